The van der Waals surface area contributed by atoms with Gasteiger partial charge in [0, 0.05) is 19.3 Å². The molecule has 11 heteroatoms. The third-order valence-corrected chi connectivity index (χ3v) is 7.16. The topological polar surface area (TPSA) is 126 Å². The van der Waals surface area contributed by atoms with Crippen molar-refractivity contribution in [2.45, 2.75) is 17.7 Å². The molecule has 1 aromatic carbocycles. The van der Waals surface area contributed by atoms with E-state index < -0.39 is 27.8 Å². The lowest BCUT2D eigenvalue weighted by molar-refractivity contribution is -0.120. The molecule has 9 nitrogen and oxygen atoms in total. The molecule has 0 spiro atoms. The molecule has 0 radical (unpaired) electrons. The number of sulfonamides is 1. The van der Waals surface area contributed by atoms with Gasteiger partial charge >= 0.3 is 0 Å². The van der Waals surface area contributed by atoms with Gasteiger partial charge in [-0.3, -0.25) is 19.7 Å². The van der Waals surface area contributed by atoms with Crippen molar-refractivity contribution in [3.05, 3.63) is 52.7 Å². The third kappa shape index (κ3) is 3.81. The fourth-order valence-electron chi connectivity index (χ4n) is 3.51. The normalized spacial score (nSPS) is 19.3. The summed E-state index contributed by atoms with van der Waals surface area (Å²) < 4.78 is 27.4. The number of hydrogen-bond acceptors (Lipinski definition) is 6. The first-order valence-electron chi connectivity index (χ1n) is 9.18. The second kappa shape index (κ2) is 7.78. The molecule has 30 heavy (non-hydrogen) atoms. The minimum Gasteiger partial charge on any atom is -0.310 e. The lowest BCUT2D eigenvalue weighted by atomic mass is 9.99. The molecule has 0 aliphatic carbocycles. The predicted octanol–water partition coefficient (Wildman–Crippen LogP) is 1.66. The van der Waals surface area contributed by atoms with Crippen molar-refractivity contribution >= 4 is 45.2 Å². The summed E-state index contributed by atoms with van der Waals surface area (Å²) in [7, 11) is -3.94. The maximum atomic E-state index is 13.1. The lowest BCUT2D eigenvalue weighted by Crippen LogP contribution is -2.43. The molecule has 1 aromatic heterocycles. The highest BCUT2D eigenvalue weighted by molar-refractivity contribution is 7.89. The van der Waals surface area contributed by atoms with E-state index in [1.165, 1.54) is 28.7 Å². The monoisotopic (exact) mass is 448 g/mol. The van der Waals surface area contributed by atoms with Crippen LogP contribution in [0.15, 0.2) is 41.4 Å². The molecule has 4 rings (SSSR count). The Morgan fingerprint density at radius 1 is 1.17 bits per heavy atom. The predicted molar refractivity (Wildman–Crippen MR) is 108 cm³/mol. The molecule has 0 bridgehead atoms. The number of imide groups is 1. The number of aromatic nitrogens is 1. The molecule has 2 aromatic rings. The van der Waals surface area contributed by atoms with Gasteiger partial charge in [0.25, 0.3) is 11.8 Å². The van der Waals surface area contributed by atoms with E-state index >= 15 is 0 Å². The maximum absolute atomic E-state index is 13.1. The number of rotatable bonds is 4. The molecule has 2 aliphatic heterocycles. The molecular formula is C19H17ClN4O5S. The molecular weight excluding hydrogens is 432 g/mol. The van der Waals surface area contributed by atoms with Crippen LogP contribution in [0.1, 0.15) is 33.6 Å². The number of anilines is 1. The first kappa shape index (κ1) is 20.5. The van der Waals surface area contributed by atoms with Crippen molar-refractivity contribution in [2.75, 3.05) is 18.4 Å². The van der Waals surface area contributed by atoms with Gasteiger partial charge in [0.05, 0.1) is 27.0 Å². The number of carbonyl (C=O) groups excluding carboxylic acids is 3. The van der Waals surface area contributed by atoms with Crippen molar-refractivity contribution in [1.29, 1.82) is 0 Å². The highest BCUT2D eigenvalue weighted by Gasteiger charge is 2.35. The summed E-state index contributed by atoms with van der Waals surface area (Å²) in [4.78, 5) is 40.1. The van der Waals surface area contributed by atoms with Gasteiger partial charge in [0.15, 0.2) is 0 Å². The number of nitrogens with one attached hydrogen (secondary N) is 2. The van der Waals surface area contributed by atoms with E-state index in [0.717, 1.165) is 0 Å². The van der Waals surface area contributed by atoms with Gasteiger partial charge in [0.2, 0.25) is 15.9 Å². The molecule has 156 valence electrons. The SMILES string of the molecule is O=C1NC(=O)c2cc(S(=O)(=O)N3CCCC(C(=O)Nc4ccc(Cl)cn4)C3)ccc21. The number of fused-ring (bicyclic) bond motifs is 1. The summed E-state index contributed by atoms with van der Waals surface area (Å²) in [5.74, 6) is -1.73. The molecule has 1 atom stereocenters. The summed E-state index contributed by atoms with van der Waals surface area (Å²) in [5.41, 5.74) is 0.173. The Hall–Kier alpha value is -2.82. The zero-order valence-corrected chi connectivity index (χ0v) is 17.2. The van der Waals surface area contributed by atoms with Crippen LogP contribution in [0.4, 0.5) is 5.82 Å². The lowest BCUT2D eigenvalue weighted by Gasteiger charge is -2.31. The number of benzene rings is 1. The van der Waals surface area contributed by atoms with Crippen LogP contribution in [0.25, 0.3) is 0 Å². The van der Waals surface area contributed by atoms with Gasteiger partial charge in [0.1, 0.15) is 5.82 Å². The minimum atomic E-state index is -3.94. The molecule has 2 N–H and O–H groups in total. The second-order valence-corrected chi connectivity index (χ2v) is 9.42. The van der Waals surface area contributed by atoms with E-state index in [2.05, 4.69) is 15.6 Å². The average molecular weight is 449 g/mol. The Balaban J connectivity index is 1.52. The average Bonchev–Trinajstić information content (AvgIpc) is 3.03. The summed E-state index contributed by atoms with van der Waals surface area (Å²) in [6, 6.07) is 6.98. The molecule has 3 amide bonds. The van der Waals surface area contributed by atoms with Crippen molar-refractivity contribution < 1.29 is 22.8 Å². The van der Waals surface area contributed by atoms with E-state index in [1.54, 1.807) is 12.1 Å². The van der Waals surface area contributed by atoms with Crippen molar-refractivity contribution in [1.82, 2.24) is 14.6 Å². The third-order valence-electron chi connectivity index (χ3n) is 5.08. The van der Waals surface area contributed by atoms with E-state index in [0.29, 0.717) is 23.7 Å². The Bertz CT molecular complexity index is 1150. The van der Waals surface area contributed by atoms with Crippen LogP contribution in [-0.4, -0.2) is 48.5 Å². The summed E-state index contributed by atoms with van der Waals surface area (Å²) in [6.07, 6.45) is 2.45. The van der Waals surface area contributed by atoms with Gasteiger partial charge in [-0.25, -0.2) is 13.4 Å². The number of piperidine rings is 1. The summed E-state index contributed by atoms with van der Waals surface area (Å²) in [6.45, 7) is 0.261. The van der Waals surface area contributed by atoms with Crippen LogP contribution < -0.4 is 10.6 Å². The van der Waals surface area contributed by atoms with Crippen LogP contribution >= 0.6 is 11.6 Å². The Morgan fingerprint density at radius 2 is 1.93 bits per heavy atom. The van der Waals surface area contributed by atoms with Crippen molar-refractivity contribution in [2.24, 2.45) is 5.92 Å². The fraction of sp³-hybridized carbons (Fsp3) is 0.263. The zero-order chi connectivity index (χ0) is 21.5. The second-order valence-electron chi connectivity index (χ2n) is 7.04. The van der Waals surface area contributed by atoms with Crippen molar-refractivity contribution in [3.8, 4) is 0 Å². The number of nitrogens with zero attached hydrogens (tertiary/aromatic N) is 2. The minimum absolute atomic E-state index is 0.00394. The van der Waals surface area contributed by atoms with Crippen LogP contribution in [0, 0.1) is 5.92 Å². The quantitative estimate of drug-likeness (QED) is 0.685. The Morgan fingerprint density at radius 3 is 2.67 bits per heavy atom. The van der Waals surface area contributed by atoms with E-state index in [9.17, 15) is 22.8 Å². The molecule has 1 saturated heterocycles. The van der Waals surface area contributed by atoms with Crippen molar-refractivity contribution in [3.63, 3.8) is 0 Å². The summed E-state index contributed by atoms with van der Waals surface area (Å²) in [5, 5.41) is 5.25. The summed E-state index contributed by atoms with van der Waals surface area (Å²) >= 11 is 5.78. The molecule has 3 heterocycles. The standard InChI is InChI=1S/C19H17ClN4O5S/c20-12-3-6-16(21-9-12)22-17(25)11-2-1-7-24(10-11)30(28,29)13-4-5-14-15(8-13)19(27)23-18(14)26/h3-6,8-9,11H,1-2,7,10H2,(H,21,22,25)(H,23,26,27). The van der Waals surface area contributed by atoms with Crippen LogP contribution in [-0.2, 0) is 14.8 Å². The van der Waals surface area contributed by atoms with Gasteiger partial charge in [-0.2, -0.15) is 4.31 Å². The van der Waals surface area contributed by atoms with Gasteiger partial charge in [-0.1, -0.05) is 11.6 Å². The van der Waals surface area contributed by atoms with Crippen LogP contribution in [0.2, 0.25) is 5.02 Å². The fourth-order valence-corrected chi connectivity index (χ4v) is 5.17. The van der Waals surface area contributed by atoms with E-state index in [1.807, 2.05) is 0 Å². The van der Waals surface area contributed by atoms with Crippen LogP contribution in [0.3, 0.4) is 0 Å². The highest BCUT2D eigenvalue weighted by atomic mass is 35.5. The first-order chi connectivity index (χ1) is 14.3. The van der Waals surface area contributed by atoms with E-state index in [4.69, 9.17) is 11.6 Å². The first-order valence-corrected chi connectivity index (χ1v) is 11.0. The Kier molecular flexibility index (Phi) is 5.31. The number of amides is 3. The Labute approximate surface area is 177 Å². The molecule has 0 saturated carbocycles. The molecule has 1 fully saturated rings. The van der Waals surface area contributed by atoms with Crippen LogP contribution in [0.5, 0.6) is 0 Å². The van der Waals surface area contributed by atoms with Gasteiger partial charge < -0.3 is 5.32 Å². The number of hydrogen-bond donors (Lipinski definition) is 2. The number of pyridine rings is 1. The van der Waals surface area contributed by atoms with Gasteiger partial charge in [-0.05, 0) is 43.2 Å². The number of carbonyl (C=O) groups is 3. The smallest absolute Gasteiger partial charge is 0.258 e. The number of halogens is 1. The maximum Gasteiger partial charge on any atom is 0.258 e. The van der Waals surface area contributed by atoms with E-state index in [-0.39, 0.29) is 35.0 Å². The molecule has 2 aliphatic rings. The molecule has 1 unspecified atom stereocenters. The largest absolute Gasteiger partial charge is 0.310 e. The zero-order valence-electron chi connectivity index (χ0n) is 15.6. The highest BCUT2D eigenvalue weighted by Crippen LogP contribution is 2.27. The van der Waals surface area contributed by atoms with Gasteiger partial charge in [-0.15, -0.1) is 0 Å².